The number of aromatic nitrogens is 2. The molecular formula is C19H19N3OS. The van der Waals surface area contributed by atoms with Crippen LogP contribution in [0.1, 0.15) is 43.2 Å². The molecule has 0 fully saturated rings. The van der Waals surface area contributed by atoms with Gasteiger partial charge in [0.25, 0.3) is 5.56 Å². The largest absolute Gasteiger partial charge is 0.271 e. The molecule has 122 valence electrons. The van der Waals surface area contributed by atoms with Crippen LogP contribution in [0.15, 0.2) is 52.3 Å². The maximum absolute atomic E-state index is 12.7. The molecule has 0 amide bonds. The molecule has 0 bridgehead atoms. The highest BCUT2D eigenvalue weighted by Gasteiger charge is 2.31. The highest BCUT2D eigenvalue weighted by molar-refractivity contribution is 8.14. The van der Waals surface area contributed by atoms with Gasteiger partial charge in [0.2, 0.25) is 0 Å². The number of nitrogens with one attached hydrogen (secondary N) is 1. The van der Waals surface area contributed by atoms with E-state index in [2.05, 4.69) is 54.3 Å². The van der Waals surface area contributed by atoms with Gasteiger partial charge in [-0.1, -0.05) is 54.2 Å². The first-order valence-corrected chi connectivity index (χ1v) is 8.98. The molecule has 4 rings (SSSR count). The zero-order chi connectivity index (χ0) is 16.8. The summed E-state index contributed by atoms with van der Waals surface area (Å²) < 4.78 is 1.87. The number of nitrogens with zero attached hydrogens (tertiary/aromatic N) is 2. The standard InChI is InChI=1S/C19H19N3OS/c1-11(2)22-18-16(19(23)21-22)17(24-12(3)20-18)15-10-6-8-13-7-4-5-9-14(13)15/h4-11,17H,1-3H3,(H,21,23)/t17-/m1/s1. The predicted molar refractivity (Wildman–Crippen MR) is 102 cm³/mol. The summed E-state index contributed by atoms with van der Waals surface area (Å²) in [7, 11) is 0. The molecule has 0 aliphatic carbocycles. The van der Waals surface area contributed by atoms with Crippen LogP contribution in [0.2, 0.25) is 0 Å². The predicted octanol–water partition coefficient (Wildman–Crippen LogP) is 4.80. The number of aliphatic imine (C=N–C) groups is 1. The average molecular weight is 337 g/mol. The Labute approximate surface area is 144 Å². The molecule has 0 unspecified atom stereocenters. The zero-order valence-electron chi connectivity index (χ0n) is 13.9. The number of fused-ring (bicyclic) bond motifs is 2. The van der Waals surface area contributed by atoms with Gasteiger partial charge in [-0.15, -0.1) is 0 Å². The van der Waals surface area contributed by atoms with E-state index in [4.69, 9.17) is 0 Å². The first-order valence-electron chi connectivity index (χ1n) is 8.10. The van der Waals surface area contributed by atoms with Crippen molar-refractivity contribution in [1.29, 1.82) is 0 Å². The van der Waals surface area contributed by atoms with Crippen LogP contribution in [0.5, 0.6) is 0 Å². The maximum atomic E-state index is 12.7. The first kappa shape index (κ1) is 15.3. The molecule has 24 heavy (non-hydrogen) atoms. The summed E-state index contributed by atoms with van der Waals surface area (Å²) in [6.45, 7) is 6.11. The van der Waals surface area contributed by atoms with E-state index in [1.807, 2.05) is 23.7 Å². The number of hydrogen-bond donors (Lipinski definition) is 1. The van der Waals surface area contributed by atoms with Crippen LogP contribution in [0.25, 0.3) is 10.8 Å². The summed E-state index contributed by atoms with van der Waals surface area (Å²) in [6.07, 6.45) is 0. The van der Waals surface area contributed by atoms with E-state index in [1.165, 1.54) is 16.3 Å². The van der Waals surface area contributed by atoms with Crippen molar-refractivity contribution < 1.29 is 0 Å². The van der Waals surface area contributed by atoms with Crippen LogP contribution >= 0.6 is 11.8 Å². The smallest absolute Gasteiger partial charge is 0.268 e. The molecule has 0 saturated carbocycles. The highest BCUT2D eigenvalue weighted by Crippen LogP contribution is 2.45. The molecule has 5 heteroatoms. The third-order valence-corrected chi connectivity index (χ3v) is 5.53. The summed E-state index contributed by atoms with van der Waals surface area (Å²) in [6, 6.07) is 14.8. The van der Waals surface area contributed by atoms with Crippen molar-refractivity contribution >= 4 is 33.4 Å². The second-order valence-electron chi connectivity index (χ2n) is 6.34. The van der Waals surface area contributed by atoms with E-state index >= 15 is 0 Å². The van der Waals surface area contributed by atoms with Crippen LogP contribution in [-0.4, -0.2) is 14.8 Å². The van der Waals surface area contributed by atoms with Gasteiger partial charge < -0.3 is 0 Å². The quantitative estimate of drug-likeness (QED) is 0.730. The van der Waals surface area contributed by atoms with E-state index in [9.17, 15) is 4.79 Å². The van der Waals surface area contributed by atoms with Crippen LogP contribution in [0, 0.1) is 0 Å². The lowest BCUT2D eigenvalue weighted by Crippen LogP contribution is -2.13. The number of hydrogen-bond acceptors (Lipinski definition) is 3. The lowest BCUT2D eigenvalue weighted by molar-refractivity contribution is 0.533. The molecule has 1 aliphatic heterocycles. The zero-order valence-corrected chi connectivity index (χ0v) is 14.7. The first-order chi connectivity index (χ1) is 11.6. The fraction of sp³-hybridized carbons (Fsp3) is 0.263. The van der Waals surface area contributed by atoms with Crippen LogP contribution in [0.4, 0.5) is 5.82 Å². The Morgan fingerprint density at radius 3 is 2.71 bits per heavy atom. The lowest BCUT2D eigenvalue weighted by Gasteiger charge is -2.22. The number of aromatic amines is 1. The Balaban J connectivity index is 1.99. The van der Waals surface area contributed by atoms with E-state index in [0.29, 0.717) is 0 Å². The van der Waals surface area contributed by atoms with Crippen molar-refractivity contribution in [3.8, 4) is 0 Å². The summed E-state index contributed by atoms with van der Waals surface area (Å²) in [5.41, 5.74) is 1.89. The summed E-state index contributed by atoms with van der Waals surface area (Å²) in [5, 5.41) is 6.29. The Hall–Kier alpha value is -2.27. The van der Waals surface area contributed by atoms with Crippen LogP contribution in [-0.2, 0) is 0 Å². The second kappa shape index (κ2) is 5.67. The Kier molecular flexibility index (Phi) is 3.61. The molecule has 3 aromatic rings. The molecular weight excluding hydrogens is 318 g/mol. The molecule has 4 nitrogen and oxygen atoms in total. The normalized spacial score (nSPS) is 17.2. The molecule has 1 atom stereocenters. The number of thioether (sulfide) groups is 1. The van der Waals surface area contributed by atoms with Gasteiger partial charge >= 0.3 is 0 Å². The Bertz CT molecular complexity index is 1010. The minimum Gasteiger partial charge on any atom is -0.268 e. The third kappa shape index (κ3) is 2.31. The van der Waals surface area contributed by atoms with Gasteiger partial charge in [0.1, 0.15) is 0 Å². The Morgan fingerprint density at radius 2 is 1.92 bits per heavy atom. The van der Waals surface area contributed by atoms with Gasteiger partial charge in [0.15, 0.2) is 5.82 Å². The van der Waals surface area contributed by atoms with Crippen LogP contribution in [0.3, 0.4) is 0 Å². The Morgan fingerprint density at radius 1 is 1.17 bits per heavy atom. The number of benzene rings is 2. The molecule has 1 N–H and O–H groups in total. The third-order valence-electron chi connectivity index (χ3n) is 4.37. The molecule has 2 heterocycles. The van der Waals surface area contributed by atoms with Gasteiger partial charge in [-0.25, -0.2) is 4.99 Å². The van der Waals surface area contributed by atoms with Gasteiger partial charge in [0.05, 0.1) is 15.9 Å². The summed E-state index contributed by atoms with van der Waals surface area (Å²) in [5.74, 6) is 0.768. The highest BCUT2D eigenvalue weighted by atomic mass is 32.2. The summed E-state index contributed by atoms with van der Waals surface area (Å²) >= 11 is 1.65. The van der Waals surface area contributed by atoms with Gasteiger partial charge in [-0.3, -0.25) is 14.6 Å². The monoisotopic (exact) mass is 337 g/mol. The van der Waals surface area contributed by atoms with Gasteiger partial charge in [0, 0.05) is 6.04 Å². The van der Waals surface area contributed by atoms with E-state index in [-0.39, 0.29) is 16.9 Å². The molecule has 0 radical (unpaired) electrons. The van der Waals surface area contributed by atoms with E-state index < -0.39 is 0 Å². The van der Waals surface area contributed by atoms with Crippen molar-refractivity contribution in [3.63, 3.8) is 0 Å². The van der Waals surface area contributed by atoms with E-state index in [0.717, 1.165) is 16.4 Å². The number of H-pyrrole nitrogens is 1. The SMILES string of the molecule is CC1=Nc2c(c(=O)[nH]n2C(C)C)[C@@H](c2cccc3ccccc23)S1. The van der Waals surface area contributed by atoms with Crippen molar-refractivity contribution in [2.45, 2.75) is 32.1 Å². The maximum Gasteiger partial charge on any atom is 0.271 e. The fourth-order valence-corrected chi connectivity index (χ4v) is 4.42. The van der Waals surface area contributed by atoms with Crippen molar-refractivity contribution in [1.82, 2.24) is 9.78 Å². The minimum absolute atomic E-state index is 0.0349. The molecule has 1 aromatic heterocycles. The van der Waals surface area contributed by atoms with Crippen molar-refractivity contribution in [2.75, 3.05) is 0 Å². The molecule has 0 saturated heterocycles. The van der Waals surface area contributed by atoms with Crippen LogP contribution < -0.4 is 5.56 Å². The van der Waals surface area contributed by atoms with Gasteiger partial charge in [-0.2, -0.15) is 0 Å². The van der Waals surface area contributed by atoms with Crippen molar-refractivity contribution in [2.24, 2.45) is 4.99 Å². The molecule has 0 spiro atoms. The average Bonchev–Trinajstić information content (AvgIpc) is 2.90. The molecule has 2 aromatic carbocycles. The second-order valence-corrected chi connectivity index (χ2v) is 7.64. The fourth-order valence-electron chi connectivity index (χ4n) is 3.28. The van der Waals surface area contributed by atoms with E-state index in [1.54, 1.807) is 11.8 Å². The topological polar surface area (TPSA) is 50.1 Å². The number of rotatable bonds is 2. The van der Waals surface area contributed by atoms with Gasteiger partial charge in [-0.05, 0) is 37.1 Å². The minimum atomic E-state index is -0.0413. The van der Waals surface area contributed by atoms with Crippen molar-refractivity contribution in [3.05, 3.63) is 63.9 Å². The lowest BCUT2D eigenvalue weighted by atomic mass is 9.99. The summed E-state index contributed by atoms with van der Waals surface area (Å²) in [4.78, 5) is 17.3. The molecule has 1 aliphatic rings.